The molecule has 0 spiro atoms. The highest BCUT2D eigenvalue weighted by Crippen LogP contribution is 2.28. The zero-order valence-corrected chi connectivity index (χ0v) is 9.25. The maximum Gasteiger partial charge on any atom is 0.459 e. The maximum absolute atomic E-state index is 10.9. The molecule has 134 valence electrons. The summed E-state index contributed by atoms with van der Waals surface area (Å²) in [6, 6.07) is 0. The summed E-state index contributed by atoms with van der Waals surface area (Å²) in [5, 5.41) is 12.0. The molecule has 0 saturated carbocycles. The van der Waals surface area contributed by atoms with Gasteiger partial charge in [0.05, 0.1) is 0 Å². The molecule has 16 heteroatoms. The van der Waals surface area contributed by atoms with E-state index in [2.05, 4.69) is 0 Å². The van der Waals surface area contributed by atoms with Gasteiger partial charge in [0.25, 0.3) is 0 Å². The summed E-state index contributed by atoms with van der Waals surface area (Å²) in [6.45, 7) is 0. The second kappa shape index (κ2) is 8.16. The molecule has 2 N–H and O–H groups in total. The van der Waals surface area contributed by atoms with Gasteiger partial charge >= 0.3 is 36.3 Å². The molecule has 0 aliphatic rings. The monoisotopic (exact) mass is 366 g/mol. The highest BCUT2D eigenvalue weighted by Gasteiger charge is 2.56. The third kappa shape index (κ3) is 11.1. The number of carbonyl (C=O) groups is 2. The van der Waals surface area contributed by atoms with Crippen LogP contribution < -0.4 is 0 Å². The van der Waals surface area contributed by atoms with Gasteiger partial charge in [-0.05, 0) is 0 Å². The van der Waals surface area contributed by atoms with Crippen LogP contribution in [0.3, 0.4) is 0 Å². The van der Waals surface area contributed by atoms with Gasteiger partial charge in [-0.25, -0.2) is 0 Å². The van der Waals surface area contributed by atoms with Crippen molar-refractivity contribution in [1.82, 2.24) is 0 Å². The van der Waals surface area contributed by atoms with Crippen molar-refractivity contribution < 1.29 is 72.8 Å². The van der Waals surface area contributed by atoms with Crippen LogP contribution in [0.25, 0.3) is 0 Å². The molecule has 0 saturated heterocycles. The second-order valence-corrected chi connectivity index (χ2v) is 2.65. The smallest absolute Gasteiger partial charge is 0.279 e. The van der Waals surface area contributed by atoms with Gasteiger partial charge in [-0.15, -0.1) is 0 Å². The zero-order valence-electron chi connectivity index (χ0n) is 9.25. The molecular formula is C6H2F12O4. The van der Waals surface area contributed by atoms with E-state index in [4.69, 9.17) is 10.5 Å². The van der Waals surface area contributed by atoms with E-state index < -0.39 is 36.3 Å². The van der Waals surface area contributed by atoms with Crippen LogP contribution in [0.15, 0.2) is 0 Å². The van der Waals surface area contributed by atoms with E-state index in [1.54, 1.807) is 0 Å². The Bertz CT molecular complexity index is 290. The minimum Gasteiger partial charge on any atom is -0.279 e. The van der Waals surface area contributed by atoms with E-state index in [1.165, 1.54) is 0 Å². The molecule has 22 heavy (non-hydrogen) atoms. The predicted octanol–water partition coefficient (Wildman–Crippen LogP) is 3.38. The molecule has 0 aliphatic carbocycles. The fourth-order valence-corrected chi connectivity index (χ4v) is 0.321. The minimum atomic E-state index is -5.82. The third-order valence-corrected chi connectivity index (χ3v) is 1.03. The molecule has 0 aromatic heterocycles. The third-order valence-electron chi connectivity index (χ3n) is 1.03. The van der Waals surface area contributed by atoms with E-state index in [-0.39, 0.29) is 0 Å². The van der Waals surface area contributed by atoms with Gasteiger partial charge in [0, 0.05) is 0 Å². The lowest BCUT2D eigenvalue weighted by Gasteiger charge is -2.06. The lowest BCUT2D eigenvalue weighted by atomic mass is 10.4. The van der Waals surface area contributed by atoms with Crippen LogP contribution in [0.1, 0.15) is 0 Å². The van der Waals surface area contributed by atoms with Crippen molar-refractivity contribution in [2.75, 3.05) is 0 Å². The van der Waals surface area contributed by atoms with Crippen molar-refractivity contribution in [1.29, 1.82) is 0 Å². The lowest BCUT2D eigenvalue weighted by Crippen LogP contribution is -2.36. The average Bonchev–Trinajstić information content (AvgIpc) is 2.25. The van der Waals surface area contributed by atoms with Crippen molar-refractivity contribution in [3.63, 3.8) is 0 Å². The van der Waals surface area contributed by atoms with Crippen molar-refractivity contribution in [3.05, 3.63) is 0 Å². The molecule has 0 rings (SSSR count). The zero-order chi connectivity index (χ0) is 19.2. The van der Waals surface area contributed by atoms with Crippen LogP contribution >= 0.6 is 0 Å². The molecule has 0 bridgehead atoms. The van der Waals surface area contributed by atoms with Gasteiger partial charge in [0.15, 0.2) is 0 Å². The van der Waals surface area contributed by atoms with E-state index in [1.807, 2.05) is 0 Å². The largest absolute Gasteiger partial charge is 0.459 e. The Balaban J connectivity index is -0.000000294. The van der Waals surface area contributed by atoms with Crippen LogP contribution in [0.4, 0.5) is 52.7 Å². The molecule has 0 aromatic carbocycles. The number of rotatable bonds is 0. The van der Waals surface area contributed by atoms with Crippen LogP contribution in [0, 0.1) is 0 Å². The van der Waals surface area contributed by atoms with Crippen LogP contribution in [0.2, 0.25) is 0 Å². The molecule has 0 amide bonds. The normalized spacial score (nSPS) is 12.5. The highest BCUT2D eigenvalue weighted by molar-refractivity contribution is 5.89. The summed E-state index contributed by atoms with van der Waals surface area (Å²) in [5.74, 6) is -7.36. The fraction of sp³-hybridized carbons (Fsp3) is 0.667. The van der Waals surface area contributed by atoms with E-state index in [9.17, 15) is 62.3 Å². The first-order valence-corrected chi connectivity index (χ1v) is 3.88. The Hall–Kier alpha value is -1.58. The Morgan fingerprint density at radius 3 is 0.545 bits per heavy atom. The molecule has 4 nitrogen and oxygen atoms in total. The topological polar surface area (TPSA) is 74.6 Å². The molecule has 0 fully saturated rings. The van der Waals surface area contributed by atoms with Gasteiger partial charge in [-0.1, -0.05) is 0 Å². The van der Waals surface area contributed by atoms with Gasteiger partial charge in [0.1, 0.15) is 0 Å². The summed E-state index contributed by atoms with van der Waals surface area (Å²) >= 11 is 0. The van der Waals surface area contributed by atoms with Crippen LogP contribution in [-0.4, -0.2) is 46.8 Å². The van der Waals surface area contributed by atoms with E-state index in [0.29, 0.717) is 0 Å². The number of Topliss-reactive ketones (excluding diaryl/α,β-unsaturated/α-hetero) is 2. The molecule has 0 radical (unpaired) electrons. The Morgan fingerprint density at radius 1 is 0.455 bits per heavy atom. The maximum atomic E-state index is 10.9. The first-order chi connectivity index (χ1) is 9.31. The minimum absolute atomic E-state index is 3.68. The predicted molar refractivity (Wildman–Crippen MR) is 39.5 cm³/mol. The highest BCUT2D eigenvalue weighted by atomic mass is 19.4. The van der Waals surface area contributed by atoms with Gasteiger partial charge < -0.3 is 0 Å². The summed E-state index contributed by atoms with van der Waals surface area (Å²) in [7, 11) is 0. The van der Waals surface area contributed by atoms with Gasteiger partial charge in [0.2, 0.25) is 0 Å². The molecular weight excluding hydrogens is 364 g/mol. The second-order valence-electron chi connectivity index (χ2n) is 2.65. The lowest BCUT2D eigenvalue weighted by molar-refractivity contribution is -0.217. The van der Waals surface area contributed by atoms with E-state index >= 15 is 0 Å². The van der Waals surface area contributed by atoms with Crippen molar-refractivity contribution in [3.8, 4) is 0 Å². The van der Waals surface area contributed by atoms with Crippen LogP contribution in [-0.2, 0) is 9.59 Å². The number of alkyl halides is 12. The first-order valence-electron chi connectivity index (χ1n) is 3.88. The summed E-state index contributed by atoms with van der Waals surface area (Å²) < 4.78 is 131. The molecule has 0 atom stereocenters. The standard InChI is InChI=1S/2C3F6O.H2O2/c2*4-2(5,6)1(10)3(7,8)9;1-2/h;;1-2H. The Kier molecular flexibility index (Phi) is 9.41. The number of halogens is 12. The summed E-state index contributed by atoms with van der Waals surface area (Å²) in [6.07, 6.45) is -23.3. The first kappa shape index (κ1) is 25.4. The average molecular weight is 366 g/mol. The SMILES string of the molecule is O=C(C(F)(F)F)C(F)(F)F.O=C(C(F)(F)F)C(F)(F)F.OO. The molecule has 0 aromatic rings. The number of hydrogen-bond donors (Lipinski definition) is 2. The number of carbonyl (C=O) groups excluding carboxylic acids is 2. The quantitative estimate of drug-likeness (QED) is 0.392. The summed E-state index contributed by atoms with van der Waals surface area (Å²) in [4.78, 5) is 18.5. The Morgan fingerprint density at radius 2 is 0.545 bits per heavy atom. The van der Waals surface area contributed by atoms with Crippen molar-refractivity contribution >= 4 is 11.6 Å². The van der Waals surface area contributed by atoms with Crippen molar-refractivity contribution in [2.24, 2.45) is 0 Å². The molecule has 0 heterocycles. The molecule has 0 aliphatic heterocycles. The van der Waals surface area contributed by atoms with E-state index in [0.717, 1.165) is 0 Å². The Labute approximate surface area is 110 Å². The van der Waals surface area contributed by atoms with Crippen molar-refractivity contribution in [2.45, 2.75) is 24.7 Å². The van der Waals surface area contributed by atoms with Crippen LogP contribution in [0.5, 0.6) is 0 Å². The number of ketones is 2. The fourth-order valence-electron chi connectivity index (χ4n) is 0.321. The molecule has 0 unspecified atom stereocenters. The van der Waals surface area contributed by atoms with Gasteiger partial charge in [-0.3, -0.25) is 20.1 Å². The summed E-state index contributed by atoms with van der Waals surface area (Å²) in [5.41, 5.74) is 0. The number of hydrogen-bond acceptors (Lipinski definition) is 4. The van der Waals surface area contributed by atoms with Gasteiger partial charge in [-0.2, -0.15) is 52.7 Å².